The minimum Gasteiger partial charge on any atom is -0.347 e. The Kier molecular flexibility index (Phi) is 3.34. The Labute approximate surface area is 116 Å². The van der Waals surface area contributed by atoms with E-state index in [0.717, 1.165) is 29.0 Å². The van der Waals surface area contributed by atoms with Gasteiger partial charge in [-0.1, -0.05) is 6.07 Å². The van der Waals surface area contributed by atoms with Crippen molar-refractivity contribution in [2.24, 2.45) is 0 Å². The van der Waals surface area contributed by atoms with Crippen LogP contribution in [-0.2, 0) is 19.4 Å². The number of nitrogens with zero attached hydrogens (tertiary/aromatic N) is 1. The largest absolute Gasteiger partial charge is 0.347 e. The number of nitrogens with one attached hydrogen (secondary N) is 1. The molecular formula is C15H16N2OS. The fraction of sp³-hybridized carbons (Fsp3) is 0.333. The zero-order valence-electron chi connectivity index (χ0n) is 10.9. The van der Waals surface area contributed by atoms with Crippen molar-refractivity contribution in [2.75, 3.05) is 0 Å². The Bertz CT molecular complexity index is 580. The molecule has 1 amide bonds. The Morgan fingerprint density at radius 1 is 1.42 bits per heavy atom. The molecule has 19 heavy (non-hydrogen) atoms. The maximum Gasteiger partial charge on any atom is 0.261 e. The molecule has 0 unspecified atom stereocenters. The molecule has 0 aliphatic heterocycles. The zero-order chi connectivity index (χ0) is 13.2. The van der Waals surface area contributed by atoms with Crippen molar-refractivity contribution in [1.29, 1.82) is 0 Å². The minimum absolute atomic E-state index is 0.0278. The molecule has 0 saturated heterocycles. The van der Waals surface area contributed by atoms with Gasteiger partial charge in [0.05, 0.1) is 4.88 Å². The molecule has 1 aliphatic rings. The number of fused-ring (bicyclic) bond motifs is 1. The fourth-order valence-corrected chi connectivity index (χ4v) is 3.48. The van der Waals surface area contributed by atoms with E-state index >= 15 is 0 Å². The normalized spacial score (nSPS) is 13.3. The second-order valence-electron chi connectivity index (χ2n) is 4.90. The van der Waals surface area contributed by atoms with Gasteiger partial charge in [0, 0.05) is 23.3 Å². The number of rotatable bonds is 3. The highest BCUT2D eigenvalue weighted by Crippen LogP contribution is 2.30. The smallest absolute Gasteiger partial charge is 0.261 e. The summed E-state index contributed by atoms with van der Waals surface area (Å²) in [4.78, 5) is 18.5. The average molecular weight is 272 g/mol. The van der Waals surface area contributed by atoms with Gasteiger partial charge in [-0.15, -0.1) is 11.3 Å². The Hall–Kier alpha value is -1.68. The van der Waals surface area contributed by atoms with E-state index in [1.165, 1.54) is 16.9 Å². The van der Waals surface area contributed by atoms with E-state index in [9.17, 15) is 4.79 Å². The molecule has 0 fully saturated rings. The first-order valence-electron chi connectivity index (χ1n) is 6.54. The molecule has 3 rings (SSSR count). The summed E-state index contributed by atoms with van der Waals surface area (Å²) in [5.41, 5.74) is 3.39. The van der Waals surface area contributed by atoms with Gasteiger partial charge in [0.2, 0.25) is 0 Å². The quantitative estimate of drug-likeness (QED) is 0.933. The molecule has 3 nitrogen and oxygen atoms in total. The Morgan fingerprint density at radius 2 is 2.32 bits per heavy atom. The summed E-state index contributed by atoms with van der Waals surface area (Å²) in [6, 6.07) is 6.01. The van der Waals surface area contributed by atoms with Crippen LogP contribution in [0.25, 0.3) is 0 Å². The molecule has 2 heterocycles. The van der Waals surface area contributed by atoms with Crippen molar-refractivity contribution in [3.05, 3.63) is 51.0 Å². The number of hydrogen-bond acceptors (Lipinski definition) is 3. The standard InChI is InChI=1S/C15H16N2OS/c1-10-5-6-11(8-16-10)9-17-15(18)14-7-12-3-2-4-13(12)19-14/h5-8H,2-4,9H2,1H3,(H,17,18). The molecule has 1 aliphatic carbocycles. The van der Waals surface area contributed by atoms with Crippen LogP contribution in [-0.4, -0.2) is 10.9 Å². The third-order valence-electron chi connectivity index (χ3n) is 3.40. The fourth-order valence-electron chi connectivity index (χ4n) is 2.31. The summed E-state index contributed by atoms with van der Waals surface area (Å²) in [6.07, 6.45) is 5.30. The van der Waals surface area contributed by atoms with Crippen molar-refractivity contribution in [1.82, 2.24) is 10.3 Å². The molecule has 4 heteroatoms. The number of amides is 1. The van der Waals surface area contributed by atoms with Crippen LogP contribution in [0.15, 0.2) is 24.4 Å². The van der Waals surface area contributed by atoms with Crippen molar-refractivity contribution >= 4 is 17.2 Å². The van der Waals surface area contributed by atoms with Crippen LogP contribution in [0.1, 0.15) is 37.8 Å². The summed E-state index contributed by atoms with van der Waals surface area (Å²) in [6.45, 7) is 2.49. The molecule has 0 spiro atoms. The third-order valence-corrected chi connectivity index (χ3v) is 4.63. The van der Waals surface area contributed by atoms with E-state index in [2.05, 4.69) is 16.4 Å². The highest BCUT2D eigenvalue weighted by molar-refractivity contribution is 7.14. The Morgan fingerprint density at radius 3 is 3.05 bits per heavy atom. The third kappa shape index (κ3) is 2.68. The van der Waals surface area contributed by atoms with Gasteiger partial charge in [0.15, 0.2) is 0 Å². The van der Waals surface area contributed by atoms with Gasteiger partial charge in [-0.2, -0.15) is 0 Å². The summed E-state index contributed by atoms with van der Waals surface area (Å²) in [5, 5.41) is 2.95. The van der Waals surface area contributed by atoms with E-state index in [-0.39, 0.29) is 5.91 Å². The summed E-state index contributed by atoms with van der Waals surface area (Å²) < 4.78 is 0. The summed E-state index contributed by atoms with van der Waals surface area (Å²) in [5.74, 6) is 0.0278. The van der Waals surface area contributed by atoms with E-state index in [4.69, 9.17) is 0 Å². The minimum atomic E-state index is 0.0278. The van der Waals surface area contributed by atoms with Gasteiger partial charge in [0.25, 0.3) is 5.91 Å². The van der Waals surface area contributed by atoms with Gasteiger partial charge in [-0.3, -0.25) is 9.78 Å². The Balaban J connectivity index is 1.63. The van der Waals surface area contributed by atoms with Gasteiger partial charge < -0.3 is 5.32 Å². The lowest BCUT2D eigenvalue weighted by molar-refractivity contribution is 0.0955. The van der Waals surface area contributed by atoms with E-state index < -0.39 is 0 Å². The molecule has 0 saturated carbocycles. The maximum atomic E-state index is 12.1. The zero-order valence-corrected chi connectivity index (χ0v) is 11.7. The van der Waals surface area contributed by atoms with Crippen molar-refractivity contribution in [3.8, 4) is 0 Å². The van der Waals surface area contributed by atoms with Gasteiger partial charge in [-0.05, 0) is 49.4 Å². The number of hydrogen-bond donors (Lipinski definition) is 1. The molecule has 1 N–H and O–H groups in total. The predicted octanol–water partition coefficient (Wildman–Crippen LogP) is 2.87. The second kappa shape index (κ2) is 5.13. The number of carbonyl (C=O) groups is 1. The van der Waals surface area contributed by atoms with Crippen LogP contribution in [0, 0.1) is 6.92 Å². The highest BCUT2D eigenvalue weighted by atomic mass is 32.1. The number of thiophene rings is 1. The van der Waals surface area contributed by atoms with E-state index in [1.54, 1.807) is 11.3 Å². The van der Waals surface area contributed by atoms with Crippen LogP contribution in [0.3, 0.4) is 0 Å². The van der Waals surface area contributed by atoms with Gasteiger partial charge >= 0.3 is 0 Å². The van der Waals surface area contributed by atoms with Crippen LogP contribution >= 0.6 is 11.3 Å². The van der Waals surface area contributed by atoms with E-state index in [0.29, 0.717) is 6.54 Å². The molecule has 0 bridgehead atoms. The molecule has 0 radical (unpaired) electrons. The average Bonchev–Trinajstić information content (AvgIpc) is 2.98. The molecule has 98 valence electrons. The van der Waals surface area contributed by atoms with Crippen LogP contribution in [0.5, 0.6) is 0 Å². The number of pyridine rings is 1. The number of carbonyl (C=O) groups excluding carboxylic acids is 1. The summed E-state index contributed by atoms with van der Waals surface area (Å²) in [7, 11) is 0. The molecule has 2 aromatic rings. The van der Waals surface area contributed by atoms with Crippen molar-refractivity contribution in [2.45, 2.75) is 32.7 Å². The van der Waals surface area contributed by atoms with Crippen LogP contribution in [0.2, 0.25) is 0 Å². The summed E-state index contributed by atoms with van der Waals surface area (Å²) >= 11 is 1.64. The molecule has 0 atom stereocenters. The van der Waals surface area contributed by atoms with Gasteiger partial charge in [0.1, 0.15) is 0 Å². The van der Waals surface area contributed by atoms with E-state index in [1.807, 2.05) is 25.3 Å². The predicted molar refractivity (Wildman–Crippen MR) is 76.5 cm³/mol. The first-order chi connectivity index (χ1) is 9.22. The topological polar surface area (TPSA) is 42.0 Å². The molecule has 0 aromatic carbocycles. The lowest BCUT2D eigenvalue weighted by Crippen LogP contribution is -2.21. The second-order valence-corrected chi connectivity index (χ2v) is 6.04. The molecular weight excluding hydrogens is 256 g/mol. The van der Waals surface area contributed by atoms with Crippen LogP contribution < -0.4 is 5.32 Å². The van der Waals surface area contributed by atoms with Crippen molar-refractivity contribution < 1.29 is 4.79 Å². The lowest BCUT2D eigenvalue weighted by Gasteiger charge is -2.03. The maximum absolute atomic E-state index is 12.1. The monoisotopic (exact) mass is 272 g/mol. The lowest BCUT2D eigenvalue weighted by atomic mass is 10.2. The molecule has 2 aromatic heterocycles. The SMILES string of the molecule is Cc1ccc(CNC(=O)c2cc3c(s2)CCC3)cn1. The first-order valence-corrected chi connectivity index (χ1v) is 7.35. The first kappa shape index (κ1) is 12.4. The van der Waals surface area contributed by atoms with Crippen molar-refractivity contribution in [3.63, 3.8) is 0 Å². The number of aromatic nitrogens is 1. The van der Waals surface area contributed by atoms with Gasteiger partial charge in [-0.25, -0.2) is 0 Å². The van der Waals surface area contributed by atoms with Crippen LogP contribution in [0.4, 0.5) is 0 Å². The highest BCUT2D eigenvalue weighted by Gasteiger charge is 2.18. The number of aryl methyl sites for hydroxylation is 3.